The molecule has 0 amide bonds. The summed E-state index contributed by atoms with van der Waals surface area (Å²) in [5, 5.41) is 13.9. The van der Waals surface area contributed by atoms with Crippen LogP contribution < -0.4 is 5.56 Å². The highest BCUT2D eigenvalue weighted by atomic mass is 32.1. The minimum Gasteiger partial charge on any atom is -0.390 e. The molecule has 0 radical (unpaired) electrons. The number of rotatable bonds is 5. The van der Waals surface area contributed by atoms with Crippen LogP contribution in [0, 0.1) is 0 Å². The molecule has 1 fully saturated rings. The number of hydrogen-bond acceptors (Lipinski definition) is 6. The van der Waals surface area contributed by atoms with E-state index in [0.717, 1.165) is 42.9 Å². The highest BCUT2D eigenvalue weighted by molar-refractivity contribution is 7.13. The van der Waals surface area contributed by atoms with Crippen LogP contribution >= 0.6 is 11.3 Å². The van der Waals surface area contributed by atoms with Gasteiger partial charge >= 0.3 is 6.18 Å². The first kappa shape index (κ1) is 21.6. The molecule has 31 heavy (non-hydrogen) atoms. The van der Waals surface area contributed by atoms with E-state index in [1.807, 2.05) is 0 Å². The first-order valence-corrected chi connectivity index (χ1v) is 10.9. The van der Waals surface area contributed by atoms with Crippen molar-refractivity contribution in [2.24, 2.45) is 0 Å². The maximum atomic E-state index is 13.4. The minimum absolute atomic E-state index is 0.0329. The van der Waals surface area contributed by atoms with Crippen molar-refractivity contribution in [1.29, 1.82) is 0 Å². The molecule has 3 aromatic heterocycles. The Balaban J connectivity index is 1.84. The second-order valence-electron chi connectivity index (χ2n) is 7.56. The van der Waals surface area contributed by atoms with Gasteiger partial charge in [0, 0.05) is 11.8 Å². The number of thiazole rings is 1. The number of hydrogen-bond donors (Lipinski definition) is 1. The largest absolute Gasteiger partial charge is 0.418 e. The summed E-state index contributed by atoms with van der Waals surface area (Å²) in [6, 6.07) is 3.88. The highest BCUT2D eigenvalue weighted by Gasteiger charge is 2.34. The van der Waals surface area contributed by atoms with Crippen molar-refractivity contribution < 1.29 is 18.3 Å². The first-order valence-electron chi connectivity index (χ1n) is 10.0. The third-order valence-corrected chi connectivity index (χ3v) is 6.46. The van der Waals surface area contributed by atoms with E-state index in [0.29, 0.717) is 21.8 Å². The van der Waals surface area contributed by atoms with E-state index in [1.165, 1.54) is 23.6 Å². The van der Waals surface area contributed by atoms with Crippen LogP contribution in [-0.2, 0) is 19.3 Å². The van der Waals surface area contributed by atoms with Gasteiger partial charge < -0.3 is 5.11 Å². The summed E-state index contributed by atoms with van der Waals surface area (Å²) in [4.78, 5) is 21.8. The number of halogens is 3. The number of aliphatic hydroxyl groups is 1. The van der Waals surface area contributed by atoms with Crippen molar-refractivity contribution in [1.82, 2.24) is 19.7 Å². The molecule has 0 spiro atoms. The predicted molar refractivity (Wildman–Crippen MR) is 110 cm³/mol. The van der Waals surface area contributed by atoms with Gasteiger partial charge in [-0.25, -0.2) is 9.67 Å². The molecule has 4 rings (SSSR count). The van der Waals surface area contributed by atoms with Crippen LogP contribution in [0.1, 0.15) is 60.5 Å². The number of alkyl halides is 3. The van der Waals surface area contributed by atoms with Gasteiger partial charge in [0.15, 0.2) is 0 Å². The number of aliphatic hydroxyl groups excluding tert-OH is 1. The summed E-state index contributed by atoms with van der Waals surface area (Å²) < 4.78 is 41.4. The van der Waals surface area contributed by atoms with E-state index >= 15 is 0 Å². The second-order valence-corrected chi connectivity index (χ2v) is 8.42. The molecular formula is C21H21F3N4O2S. The molecule has 0 bridgehead atoms. The summed E-state index contributed by atoms with van der Waals surface area (Å²) in [5.41, 5.74) is 1.42. The van der Waals surface area contributed by atoms with Crippen molar-refractivity contribution >= 4 is 11.3 Å². The second kappa shape index (κ2) is 8.88. The number of nitrogens with zero attached hydrogens (tertiary/aromatic N) is 4. The molecule has 1 saturated carbocycles. The van der Waals surface area contributed by atoms with E-state index in [9.17, 15) is 23.1 Å². The Kier molecular flexibility index (Phi) is 6.19. The molecule has 1 aliphatic carbocycles. The molecule has 10 heteroatoms. The Morgan fingerprint density at radius 2 is 1.94 bits per heavy atom. The third-order valence-electron chi connectivity index (χ3n) is 5.57. The van der Waals surface area contributed by atoms with Gasteiger partial charge in [0.05, 0.1) is 40.5 Å². The summed E-state index contributed by atoms with van der Waals surface area (Å²) in [6.45, 7) is -0.688. The maximum absolute atomic E-state index is 13.4. The van der Waals surface area contributed by atoms with Crippen LogP contribution in [0.15, 0.2) is 34.7 Å². The van der Waals surface area contributed by atoms with E-state index in [-0.39, 0.29) is 18.2 Å². The van der Waals surface area contributed by atoms with Crippen molar-refractivity contribution in [3.63, 3.8) is 0 Å². The van der Waals surface area contributed by atoms with Crippen LogP contribution in [0.2, 0.25) is 0 Å². The fourth-order valence-electron chi connectivity index (χ4n) is 4.04. The van der Waals surface area contributed by atoms with Gasteiger partial charge in [-0.3, -0.25) is 9.78 Å². The fraction of sp³-hybridized carbons (Fsp3) is 0.429. The Bertz CT molecular complexity index is 1120. The highest BCUT2D eigenvalue weighted by Crippen LogP contribution is 2.34. The van der Waals surface area contributed by atoms with Crippen LogP contribution in [0.25, 0.3) is 10.6 Å². The van der Waals surface area contributed by atoms with E-state index in [2.05, 4.69) is 15.1 Å². The predicted octanol–water partition coefficient (Wildman–Crippen LogP) is 4.37. The zero-order chi connectivity index (χ0) is 22.0. The summed E-state index contributed by atoms with van der Waals surface area (Å²) in [7, 11) is 0. The van der Waals surface area contributed by atoms with Crippen molar-refractivity contribution in [2.75, 3.05) is 0 Å². The molecule has 0 aliphatic heterocycles. The first-order chi connectivity index (χ1) is 14.9. The Morgan fingerprint density at radius 3 is 2.65 bits per heavy atom. The van der Waals surface area contributed by atoms with Gasteiger partial charge in [-0.15, -0.1) is 11.3 Å². The summed E-state index contributed by atoms with van der Waals surface area (Å²) >= 11 is 1.27. The lowest BCUT2D eigenvalue weighted by Crippen LogP contribution is -2.30. The lowest BCUT2D eigenvalue weighted by atomic mass is 9.84. The average molecular weight is 450 g/mol. The van der Waals surface area contributed by atoms with Crippen LogP contribution in [0.5, 0.6) is 0 Å². The maximum Gasteiger partial charge on any atom is 0.418 e. The van der Waals surface area contributed by atoms with E-state index in [1.54, 1.807) is 11.6 Å². The quantitative estimate of drug-likeness (QED) is 0.624. The lowest BCUT2D eigenvalue weighted by Gasteiger charge is -2.22. The molecule has 0 unspecified atom stereocenters. The van der Waals surface area contributed by atoms with Crippen LogP contribution in [0.4, 0.5) is 13.2 Å². The van der Waals surface area contributed by atoms with Crippen molar-refractivity contribution in [3.8, 4) is 10.6 Å². The SMILES string of the molecule is O=c1c(C2CCCCC2)cc(-c2scnc2CO)nn1Cc1ncccc1C(F)(F)F. The fourth-order valence-corrected chi connectivity index (χ4v) is 4.80. The molecule has 0 atom stereocenters. The van der Waals surface area contributed by atoms with Gasteiger partial charge in [0.25, 0.3) is 5.56 Å². The molecule has 1 N–H and O–H groups in total. The van der Waals surface area contributed by atoms with Gasteiger partial charge in [-0.05, 0) is 37.0 Å². The monoisotopic (exact) mass is 450 g/mol. The molecule has 164 valence electrons. The van der Waals surface area contributed by atoms with Gasteiger partial charge in [-0.1, -0.05) is 19.3 Å². The normalized spacial score (nSPS) is 15.4. The Hall–Kier alpha value is -2.59. The Labute approximate surface area is 180 Å². The van der Waals surface area contributed by atoms with Gasteiger partial charge in [0.2, 0.25) is 0 Å². The summed E-state index contributed by atoms with van der Waals surface area (Å²) in [5.74, 6) is 0.0329. The Morgan fingerprint density at radius 1 is 1.16 bits per heavy atom. The summed E-state index contributed by atoms with van der Waals surface area (Å²) in [6.07, 6.45) is 1.50. The molecule has 6 nitrogen and oxygen atoms in total. The smallest absolute Gasteiger partial charge is 0.390 e. The molecular weight excluding hydrogens is 429 g/mol. The zero-order valence-corrected chi connectivity index (χ0v) is 17.4. The minimum atomic E-state index is -4.58. The lowest BCUT2D eigenvalue weighted by molar-refractivity contribution is -0.138. The number of aromatic nitrogens is 4. The molecule has 1 aliphatic rings. The van der Waals surface area contributed by atoms with Crippen LogP contribution in [-0.4, -0.2) is 24.9 Å². The molecule has 3 aromatic rings. The number of pyridine rings is 1. The molecule has 0 aromatic carbocycles. The zero-order valence-electron chi connectivity index (χ0n) is 16.6. The van der Waals surface area contributed by atoms with Crippen LogP contribution in [0.3, 0.4) is 0 Å². The van der Waals surface area contributed by atoms with Gasteiger partial charge in [-0.2, -0.15) is 18.3 Å². The topological polar surface area (TPSA) is 80.9 Å². The van der Waals surface area contributed by atoms with Crippen molar-refractivity contribution in [2.45, 2.75) is 57.3 Å². The third kappa shape index (κ3) is 4.54. The molecule has 0 saturated heterocycles. The molecule has 3 heterocycles. The van der Waals surface area contributed by atoms with E-state index < -0.39 is 23.8 Å². The van der Waals surface area contributed by atoms with E-state index in [4.69, 9.17) is 0 Å². The van der Waals surface area contributed by atoms with Gasteiger partial charge in [0.1, 0.15) is 5.69 Å². The standard InChI is InChI=1S/C21H21F3N4O2S/c22-21(23,24)15-7-4-8-25-17(15)10-28-20(30)14(13-5-2-1-3-6-13)9-16(27-28)19-18(11-29)26-12-31-19/h4,7-9,12-13,29H,1-3,5-6,10-11H2. The average Bonchev–Trinajstić information content (AvgIpc) is 3.24. The van der Waals surface area contributed by atoms with Crippen molar-refractivity contribution in [3.05, 3.63) is 62.8 Å².